The van der Waals surface area contributed by atoms with Gasteiger partial charge in [-0.25, -0.2) is 0 Å². The average Bonchev–Trinajstić information content (AvgIpc) is 2.21. The molecule has 0 aromatic heterocycles. The highest BCUT2D eigenvalue weighted by atomic mass is 15.2. The van der Waals surface area contributed by atoms with Crippen molar-refractivity contribution in [3.05, 3.63) is 30.3 Å². The quantitative estimate of drug-likeness (QED) is 0.590. The van der Waals surface area contributed by atoms with Crippen molar-refractivity contribution < 1.29 is 0 Å². The number of hydrogen-bond donors (Lipinski definition) is 3. The molecule has 3 heteroatoms. The molecule has 2 aromatic carbocycles. The second-order valence-electron chi connectivity index (χ2n) is 4.81. The molecule has 0 radical (unpaired) electrons. The SMILES string of the molecule is CC1(C)Nc2cccc3c(N)ccc(c23)N1. The molecule has 16 heavy (non-hydrogen) atoms. The monoisotopic (exact) mass is 213 g/mol. The molecule has 1 heterocycles. The van der Waals surface area contributed by atoms with Crippen LogP contribution in [0.1, 0.15) is 13.8 Å². The minimum absolute atomic E-state index is 0.128. The first-order valence-electron chi connectivity index (χ1n) is 5.44. The van der Waals surface area contributed by atoms with E-state index in [0.717, 1.165) is 22.4 Å². The summed E-state index contributed by atoms with van der Waals surface area (Å²) in [5.41, 5.74) is 8.96. The van der Waals surface area contributed by atoms with Crippen molar-refractivity contribution in [2.75, 3.05) is 16.4 Å². The Labute approximate surface area is 94.6 Å². The Morgan fingerprint density at radius 2 is 1.69 bits per heavy atom. The van der Waals surface area contributed by atoms with Crippen LogP contribution in [0.4, 0.5) is 17.1 Å². The molecule has 2 aromatic rings. The van der Waals surface area contributed by atoms with Gasteiger partial charge in [0.05, 0.1) is 0 Å². The van der Waals surface area contributed by atoms with Crippen molar-refractivity contribution in [3.63, 3.8) is 0 Å². The molecule has 0 spiro atoms. The number of nitrogens with one attached hydrogen (secondary N) is 2. The van der Waals surface area contributed by atoms with Gasteiger partial charge in [0.15, 0.2) is 0 Å². The van der Waals surface area contributed by atoms with E-state index in [1.807, 2.05) is 18.2 Å². The van der Waals surface area contributed by atoms with Crippen molar-refractivity contribution in [2.24, 2.45) is 0 Å². The van der Waals surface area contributed by atoms with E-state index in [2.05, 4.69) is 36.6 Å². The highest BCUT2D eigenvalue weighted by Crippen LogP contribution is 2.39. The Bertz CT molecular complexity index is 558. The van der Waals surface area contributed by atoms with Crippen LogP contribution in [0, 0.1) is 0 Å². The van der Waals surface area contributed by atoms with Crippen molar-refractivity contribution in [3.8, 4) is 0 Å². The van der Waals surface area contributed by atoms with Crippen LogP contribution >= 0.6 is 0 Å². The van der Waals surface area contributed by atoms with E-state index in [1.165, 1.54) is 5.39 Å². The molecule has 3 rings (SSSR count). The van der Waals surface area contributed by atoms with Gasteiger partial charge in [0.25, 0.3) is 0 Å². The van der Waals surface area contributed by atoms with Crippen molar-refractivity contribution in [2.45, 2.75) is 19.5 Å². The van der Waals surface area contributed by atoms with E-state index >= 15 is 0 Å². The van der Waals surface area contributed by atoms with E-state index in [9.17, 15) is 0 Å². The van der Waals surface area contributed by atoms with Crippen molar-refractivity contribution in [1.29, 1.82) is 0 Å². The third-order valence-electron chi connectivity index (χ3n) is 2.97. The third kappa shape index (κ3) is 1.21. The Balaban J connectivity index is 2.39. The Hall–Kier alpha value is -1.90. The molecule has 0 fully saturated rings. The second-order valence-corrected chi connectivity index (χ2v) is 4.81. The maximum atomic E-state index is 5.98. The molecular weight excluding hydrogens is 198 g/mol. The molecule has 0 amide bonds. The molecule has 0 bridgehead atoms. The summed E-state index contributed by atoms with van der Waals surface area (Å²) >= 11 is 0. The van der Waals surface area contributed by atoms with Gasteiger partial charge in [-0.1, -0.05) is 12.1 Å². The summed E-state index contributed by atoms with van der Waals surface area (Å²) in [6, 6.07) is 10.2. The summed E-state index contributed by atoms with van der Waals surface area (Å²) in [6.45, 7) is 4.23. The lowest BCUT2D eigenvalue weighted by atomic mass is 10.00. The number of hydrogen-bond acceptors (Lipinski definition) is 3. The molecule has 0 aliphatic carbocycles. The Morgan fingerprint density at radius 3 is 2.44 bits per heavy atom. The zero-order valence-corrected chi connectivity index (χ0v) is 9.46. The minimum Gasteiger partial charge on any atom is -0.398 e. The molecule has 1 aliphatic heterocycles. The van der Waals surface area contributed by atoms with Crippen LogP contribution in [0.25, 0.3) is 10.8 Å². The molecule has 82 valence electrons. The van der Waals surface area contributed by atoms with Gasteiger partial charge in [0.1, 0.15) is 5.66 Å². The number of benzene rings is 2. The second kappa shape index (κ2) is 2.82. The topological polar surface area (TPSA) is 50.1 Å². The number of anilines is 3. The van der Waals surface area contributed by atoms with Gasteiger partial charge in [-0.05, 0) is 32.0 Å². The van der Waals surface area contributed by atoms with Crippen LogP contribution in [-0.4, -0.2) is 5.66 Å². The Morgan fingerprint density at radius 1 is 1.00 bits per heavy atom. The van der Waals surface area contributed by atoms with E-state index in [4.69, 9.17) is 5.73 Å². The third-order valence-corrected chi connectivity index (χ3v) is 2.97. The molecule has 0 unspecified atom stereocenters. The van der Waals surface area contributed by atoms with E-state index < -0.39 is 0 Å². The molecular formula is C13H15N3. The Kier molecular flexibility index (Phi) is 1.64. The molecule has 4 N–H and O–H groups in total. The zero-order valence-electron chi connectivity index (χ0n) is 9.46. The van der Waals surface area contributed by atoms with Crippen LogP contribution in [0.15, 0.2) is 30.3 Å². The molecule has 0 saturated carbocycles. The minimum atomic E-state index is -0.128. The summed E-state index contributed by atoms with van der Waals surface area (Å²) in [4.78, 5) is 0. The van der Waals surface area contributed by atoms with Gasteiger partial charge in [0.2, 0.25) is 0 Å². The van der Waals surface area contributed by atoms with Crippen LogP contribution in [0.5, 0.6) is 0 Å². The highest BCUT2D eigenvalue weighted by Gasteiger charge is 2.24. The molecule has 3 nitrogen and oxygen atoms in total. The largest absolute Gasteiger partial charge is 0.398 e. The predicted octanol–water partition coefficient (Wildman–Crippen LogP) is 3.00. The smallest absolute Gasteiger partial charge is 0.102 e. The average molecular weight is 213 g/mol. The number of nitrogen functional groups attached to an aromatic ring is 1. The maximum absolute atomic E-state index is 5.98. The van der Waals surface area contributed by atoms with Gasteiger partial charge in [-0.2, -0.15) is 0 Å². The predicted molar refractivity (Wildman–Crippen MR) is 69.7 cm³/mol. The van der Waals surface area contributed by atoms with E-state index in [-0.39, 0.29) is 5.66 Å². The summed E-state index contributed by atoms with van der Waals surface area (Å²) in [5.74, 6) is 0. The standard InChI is InChI=1S/C13H15N3/c1-13(2)15-10-5-3-4-8-9(14)6-7-11(16-13)12(8)10/h3-7,15-16H,14H2,1-2H3. The fraction of sp³-hybridized carbons (Fsp3) is 0.231. The highest BCUT2D eigenvalue weighted by molar-refractivity contribution is 6.09. The normalized spacial score (nSPS) is 16.6. The number of nitrogens with two attached hydrogens (primary N) is 1. The van der Waals surface area contributed by atoms with Gasteiger partial charge >= 0.3 is 0 Å². The molecule has 0 atom stereocenters. The lowest BCUT2D eigenvalue weighted by Gasteiger charge is -2.36. The first kappa shape index (κ1) is 9.33. The first-order valence-corrected chi connectivity index (χ1v) is 5.44. The van der Waals surface area contributed by atoms with Crippen LogP contribution in [0.3, 0.4) is 0 Å². The maximum Gasteiger partial charge on any atom is 0.102 e. The van der Waals surface area contributed by atoms with Crippen molar-refractivity contribution in [1.82, 2.24) is 0 Å². The van der Waals surface area contributed by atoms with E-state index in [1.54, 1.807) is 0 Å². The molecule has 0 saturated heterocycles. The van der Waals surface area contributed by atoms with Crippen LogP contribution in [-0.2, 0) is 0 Å². The lowest BCUT2D eigenvalue weighted by Crippen LogP contribution is -2.41. The van der Waals surface area contributed by atoms with Crippen LogP contribution in [0.2, 0.25) is 0 Å². The van der Waals surface area contributed by atoms with Gasteiger partial charge in [0, 0.05) is 27.8 Å². The van der Waals surface area contributed by atoms with E-state index in [0.29, 0.717) is 0 Å². The van der Waals surface area contributed by atoms with Gasteiger partial charge < -0.3 is 16.4 Å². The summed E-state index contributed by atoms with van der Waals surface area (Å²) in [6.07, 6.45) is 0. The summed E-state index contributed by atoms with van der Waals surface area (Å²) in [7, 11) is 0. The number of rotatable bonds is 0. The summed E-state index contributed by atoms with van der Waals surface area (Å²) in [5, 5.41) is 9.21. The van der Waals surface area contributed by atoms with Crippen molar-refractivity contribution >= 4 is 27.8 Å². The fourth-order valence-corrected chi connectivity index (χ4v) is 2.34. The first-order chi connectivity index (χ1) is 7.57. The fourth-order valence-electron chi connectivity index (χ4n) is 2.34. The lowest BCUT2D eigenvalue weighted by molar-refractivity contribution is 0.649. The summed E-state index contributed by atoms with van der Waals surface area (Å²) < 4.78 is 0. The van der Waals surface area contributed by atoms with Gasteiger partial charge in [-0.3, -0.25) is 0 Å². The zero-order chi connectivity index (χ0) is 11.3. The van der Waals surface area contributed by atoms with Gasteiger partial charge in [-0.15, -0.1) is 0 Å². The van der Waals surface area contributed by atoms with Crippen LogP contribution < -0.4 is 16.4 Å². The molecule has 1 aliphatic rings.